The van der Waals surface area contributed by atoms with Crippen LogP contribution in [0.5, 0.6) is 0 Å². The van der Waals surface area contributed by atoms with Gasteiger partial charge in [0.15, 0.2) is 5.60 Å². The first-order valence-electron chi connectivity index (χ1n) is 3.76. The molecular formula is C9H7FO2S. The summed E-state index contributed by atoms with van der Waals surface area (Å²) in [7, 11) is 0. The van der Waals surface area contributed by atoms with Crippen LogP contribution in [0.3, 0.4) is 0 Å². The van der Waals surface area contributed by atoms with E-state index in [-0.39, 0.29) is 19.0 Å². The summed E-state index contributed by atoms with van der Waals surface area (Å²) in [5.41, 5.74) is -1.06. The maximum Gasteiger partial charge on any atom is 0.172 e. The predicted octanol–water partition coefficient (Wildman–Crippen LogP) is 1.00. The number of hydrogen-bond acceptors (Lipinski definition) is 3. The van der Waals surface area contributed by atoms with E-state index in [4.69, 9.17) is 4.74 Å². The maximum atomic E-state index is 12.8. The van der Waals surface area contributed by atoms with Gasteiger partial charge >= 0.3 is 0 Å². The summed E-state index contributed by atoms with van der Waals surface area (Å²) in [6, 6.07) is 1.36. The number of rotatable bonds is 0. The number of ether oxygens (including phenoxy) is 1. The molecule has 1 aliphatic heterocycles. The quantitative estimate of drug-likeness (QED) is 0.630. The summed E-state index contributed by atoms with van der Waals surface area (Å²) in [4.78, 5) is 0.361. The van der Waals surface area contributed by atoms with Crippen molar-refractivity contribution in [2.75, 3.05) is 13.2 Å². The van der Waals surface area contributed by atoms with Gasteiger partial charge < -0.3 is 9.84 Å². The number of thiophene rings is 1. The van der Waals surface area contributed by atoms with Gasteiger partial charge in [-0.25, -0.2) is 4.39 Å². The minimum Gasteiger partial charge on any atom is -0.373 e. The lowest BCUT2D eigenvalue weighted by Gasteiger charge is -2.30. The van der Waals surface area contributed by atoms with Gasteiger partial charge in [0.2, 0.25) is 0 Å². The van der Waals surface area contributed by atoms with Gasteiger partial charge in [0.1, 0.15) is 10.7 Å². The Bertz CT molecular complexity index is 370. The molecule has 1 aromatic rings. The fraction of sp³-hybridized carbons (Fsp3) is 0.333. The van der Waals surface area contributed by atoms with Gasteiger partial charge in [-0.3, -0.25) is 0 Å². The first-order chi connectivity index (χ1) is 6.20. The zero-order chi connectivity index (χ0) is 9.31. The summed E-state index contributed by atoms with van der Waals surface area (Å²) in [6.07, 6.45) is 0. The van der Waals surface area contributed by atoms with Crippen molar-refractivity contribution in [3.8, 4) is 11.8 Å². The highest BCUT2D eigenvalue weighted by Crippen LogP contribution is 2.17. The molecule has 68 valence electrons. The fourth-order valence-corrected chi connectivity index (χ4v) is 1.54. The molecule has 0 bridgehead atoms. The van der Waals surface area contributed by atoms with Gasteiger partial charge in [-0.1, -0.05) is 5.92 Å². The minimum absolute atomic E-state index is 0.215. The molecule has 0 atom stereocenters. The second-order valence-electron chi connectivity index (χ2n) is 2.87. The lowest BCUT2D eigenvalue weighted by molar-refractivity contribution is -0.140. The van der Waals surface area contributed by atoms with E-state index in [1.165, 1.54) is 17.4 Å². The molecule has 0 aliphatic carbocycles. The van der Waals surface area contributed by atoms with E-state index in [0.29, 0.717) is 4.88 Å². The van der Waals surface area contributed by atoms with Gasteiger partial charge in [0, 0.05) is 0 Å². The predicted molar refractivity (Wildman–Crippen MR) is 46.9 cm³/mol. The Morgan fingerprint density at radius 3 is 2.85 bits per heavy atom. The van der Waals surface area contributed by atoms with Crippen molar-refractivity contribution in [1.29, 1.82) is 0 Å². The van der Waals surface area contributed by atoms with Gasteiger partial charge in [-0.15, -0.1) is 11.3 Å². The zero-order valence-corrected chi connectivity index (χ0v) is 7.53. The average molecular weight is 198 g/mol. The van der Waals surface area contributed by atoms with Crippen molar-refractivity contribution in [2.45, 2.75) is 5.60 Å². The van der Waals surface area contributed by atoms with Crippen LogP contribution >= 0.6 is 11.3 Å². The Hall–Kier alpha value is -0.890. The van der Waals surface area contributed by atoms with Crippen LogP contribution in [-0.2, 0) is 4.74 Å². The Morgan fingerprint density at radius 2 is 2.38 bits per heavy atom. The smallest absolute Gasteiger partial charge is 0.172 e. The maximum absolute atomic E-state index is 12.8. The number of halogens is 1. The molecule has 1 aromatic heterocycles. The molecule has 13 heavy (non-hydrogen) atoms. The molecule has 0 radical (unpaired) electrons. The van der Waals surface area contributed by atoms with Crippen LogP contribution in [-0.4, -0.2) is 23.9 Å². The summed E-state index contributed by atoms with van der Waals surface area (Å²) in [5.74, 6) is 4.86. The Kier molecular flexibility index (Phi) is 2.08. The third-order valence-corrected chi connectivity index (χ3v) is 2.51. The summed E-state index contributed by atoms with van der Waals surface area (Å²) in [6.45, 7) is 0.431. The van der Waals surface area contributed by atoms with Gasteiger partial charge in [-0.2, -0.15) is 0 Å². The average Bonchev–Trinajstić information content (AvgIpc) is 2.44. The molecule has 1 N–H and O–H groups in total. The van der Waals surface area contributed by atoms with Crippen molar-refractivity contribution in [1.82, 2.24) is 0 Å². The molecule has 0 amide bonds. The summed E-state index contributed by atoms with van der Waals surface area (Å²) in [5, 5.41) is 11.1. The van der Waals surface area contributed by atoms with E-state index in [1.54, 1.807) is 5.38 Å². The molecule has 2 heterocycles. The molecule has 1 saturated heterocycles. The van der Waals surface area contributed by atoms with Crippen LogP contribution in [0.4, 0.5) is 4.39 Å². The Labute approximate surface area is 79.0 Å². The monoisotopic (exact) mass is 198 g/mol. The van der Waals surface area contributed by atoms with E-state index in [9.17, 15) is 9.50 Å². The van der Waals surface area contributed by atoms with Crippen molar-refractivity contribution in [2.24, 2.45) is 0 Å². The third-order valence-electron chi connectivity index (χ3n) is 1.71. The number of hydrogen-bond donors (Lipinski definition) is 1. The van der Waals surface area contributed by atoms with E-state index in [2.05, 4.69) is 11.8 Å². The topological polar surface area (TPSA) is 29.5 Å². The SMILES string of the molecule is OC1(C#Cc2sccc2F)COC1. The second kappa shape index (κ2) is 3.11. The molecule has 0 saturated carbocycles. The number of aliphatic hydroxyl groups is 1. The van der Waals surface area contributed by atoms with Gasteiger partial charge in [0.25, 0.3) is 0 Å². The van der Waals surface area contributed by atoms with Crippen LogP contribution in [0.1, 0.15) is 4.88 Å². The minimum atomic E-state index is -1.06. The van der Waals surface area contributed by atoms with E-state index in [0.717, 1.165) is 0 Å². The van der Waals surface area contributed by atoms with Crippen LogP contribution in [0, 0.1) is 17.7 Å². The molecule has 0 unspecified atom stereocenters. The van der Waals surface area contributed by atoms with E-state index < -0.39 is 5.60 Å². The first kappa shape index (κ1) is 8.70. The molecule has 0 spiro atoms. The highest BCUT2D eigenvalue weighted by Gasteiger charge is 2.33. The Balaban J connectivity index is 2.16. The third kappa shape index (κ3) is 1.73. The first-order valence-corrected chi connectivity index (χ1v) is 4.64. The van der Waals surface area contributed by atoms with Crippen molar-refractivity contribution < 1.29 is 14.2 Å². The molecular weight excluding hydrogens is 191 g/mol. The molecule has 0 aromatic carbocycles. The van der Waals surface area contributed by atoms with Crippen molar-refractivity contribution in [3.63, 3.8) is 0 Å². The van der Waals surface area contributed by atoms with Crippen molar-refractivity contribution >= 4 is 11.3 Å². The normalized spacial score (nSPS) is 18.6. The highest BCUT2D eigenvalue weighted by atomic mass is 32.1. The molecule has 2 nitrogen and oxygen atoms in total. The van der Waals surface area contributed by atoms with E-state index >= 15 is 0 Å². The van der Waals surface area contributed by atoms with Crippen LogP contribution < -0.4 is 0 Å². The summed E-state index contributed by atoms with van der Waals surface area (Å²) < 4.78 is 17.6. The molecule has 2 rings (SSSR count). The molecule has 4 heteroatoms. The lowest BCUT2D eigenvalue weighted by atomic mass is 10.0. The van der Waals surface area contributed by atoms with Gasteiger partial charge in [-0.05, 0) is 17.4 Å². The Morgan fingerprint density at radius 1 is 1.62 bits per heavy atom. The van der Waals surface area contributed by atoms with Gasteiger partial charge in [0.05, 0.1) is 13.2 Å². The van der Waals surface area contributed by atoms with Crippen LogP contribution in [0.25, 0.3) is 0 Å². The molecule has 1 aliphatic rings. The molecule has 1 fully saturated rings. The standard InChI is InChI=1S/C9H7FO2S/c10-7-2-4-13-8(7)1-3-9(11)5-12-6-9/h2,4,11H,5-6H2. The lowest BCUT2D eigenvalue weighted by Crippen LogP contribution is -2.48. The fourth-order valence-electron chi connectivity index (χ4n) is 0.924. The second-order valence-corrected chi connectivity index (χ2v) is 3.79. The van der Waals surface area contributed by atoms with Crippen molar-refractivity contribution in [3.05, 3.63) is 22.1 Å². The van der Waals surface area contributed by atoms with E-state index in [1.807, 2.05) is 0 Å². The van der Waals surface area contributed by atoms with Crippen LogP contribution in [0.2, 0.25) is 0 Å². The highest BCUT2D eigenvalue weighted by molar-refractivity contribution is 7.10. The largest absolute Gasteiger partial charge is 0.373 e. The zero-order valence-electron chi connectivity index (χ0n) is 6.71. The van der Waals surface area contributed by atoms with Crippen LogP contribution in [0.15, 0.2) is 11.4 Å². The summed E-state index contributed by atoms with van der Waals surface area (Å²) >= 11 is 1.22.